The van der Waals surface area contributed by atoms with Crippen LogP contribution in [0.15, 0.2) is 6.20 Å². The molecule has 0 aliphatic heterocycles. The average Bonchev–Trinajstić information content (AvgIpc) is 2.57. The van der Waals surface area contributed by atoms with E-state index in [-0.39, 0.29) is 0 Å². The second kappa shape index (κ2) is 2.90. The normalized spacial score (nSPS) is 27.5. The Morgan fingerprint density at radius 1 is 1.75 bits per heavy atom. The van der Waals surface area contributed by atoms with Gasteiger partial charge in [-0.3, -0.25) is 5.10 Å². The molecule has 12 heavy (non-hydrogen) atoms. The van der Waals surface area contributed by atoms with Crippen LogP contribution in [-0.4, -0.2) is 16.2 Å². The van der Waals surface area contributed by atoms with Crippen molar-refractivity contribution in [2.45, 2.75) is 32.9 Å². The van der Waals surface area contributed by atoms with E-state index in [0.29, 0.717) is 0 Å². The molecule has 1 saturated carbocycles. The zero-order valence-corrected chi connectivity index (χ0v) is 7.59. The van der Waals surface area contributed by atoms with E-state index in [1.54, 1.807) is 0 Å². The molecule has 0 aromatic carbocycles. The minimum atomic E-state index is 0.749. The van der Waals surface area contributed by atoms with Gasteiger partial charge in [0.15, 0.2) is 0 Å². The fraction of sp³-hybridized carbons (Fsp3) is 0.667. The van der Waals surface area contributed by atoms with Crippen LogP contribution in [0.4, 0.5) is 0 Å². The van der Waals surface area contributed by atoms with Crippen molar-refractivity contribution in [1.29, 1.82) is 0 Å². The minimum Gasteiger partial charge on any atom is -0.310 e. The molecule has 0 bridgehead atoms. The number of nitrogens with one attached hydrogen (secondary N) is 2. The van der Waals surface area contributed by atoms with Crippen LogP contribution >= 0.6 is 0 Å². The predicted octanol–water partition coefficient (Wildman–Crippen LogP) is 1.22. The van der Waals surface area contributed by atoms with E-state index in [0.717, 1.165) is 18.5 Å². The monoisotopic (exact) mass is 165 g/mol. The quantitative estimate of drug-likeness (QED) is 0.707. The molecular weight excluding hydrogens is 150 g/mol. The maximum atomic E-state index is 3.97. The van der Waals surface area contributed by atoms with Gasteiger partial charge in [-0.25, -0.2) is 0 Å². The Hall–Kier alpha value is -0.830. The number of H-pyrrole nitrogens is 1. The van der Waals surface area contributed by atoms with Crippen molar-refractivity contribution >= 4 is 0 Å². The zero-order chi connectivity index (χ0) is 8.55. The predicted molar refractivity (Wildman–Crippen MR) is 47.7 cm³/mol. The van der Waals surface area contributed by atoms with Crippen LogP contribution in [0.2, 0.25) is 0 Å². The van der Waals surface area contributed by atoms with Crippen molar-refractivity contribution in [3.63, 3.8) is 0 Å². The van der Waals surface area contributed by atoms with Crippen molar-refractivity contribution in [2.24, 2.45) is 5.92 Å². The number of hydrogen-bond donors (Lipinski definition) is 2. The van der Waals surface area contributed by atoms with Gasteiger partial charge in [0.2, 0.25) is 0 Å². The van der Waals surface area contributed by atoms with Gasteiger partial charge >= 0.3 is 0 Å². The molecule has 2 rings (SSSR count). The highest BCUT2D eigenvalue weighted by Crippen LogP contribution is 2.29. The molecule has 3 nitrogen and oxygen atoms in total. The number of aryl methyl sites for hydroxylation is 1. The summed E-state index contributed by atoms with van der Waals surface area (Å²) in [6.45, 7) is 5.29. The van der Waals surface area contributed by atoms with E-state index in [2.05, 4.69) is 29.4 Å². The van der Waals surface area contributed by atoms with E-state index in [9.17, 15) is 0 Å². The highest BCUT2D eigenvalue weighted by molar-refractivity contribution is 5.14. The molecule has 0 amide bonds. The topological polar surface area (TPSA) is 40.7 Å². The SMILES string of the molecule is Cc1[nH]ncc1CNC1CC1C. The molecule has 1 aromatic rings. The third-order valence-electron chi connectivity index (χ3n) is 2.60. The summed E-state index contributed by atoms with van der Waals surface area (Å²) in [5.41, 5.74) is 2.46. The van der Waals surface area contributed by atoms with E-state index in [1.165, 1.54) is 17.7 Å². The van der Waals surface area contributed by atoms with Crippen molar-refractivity contribution < 1.29 is 0 Å². The molecule has 0 spiro atoms. The molecule has 1 fully saturated rings. The number of hydrogen-bond acceptors (Lipinski definition) is 2. The number of rotatable bonds is 3. The van der Waals surface area contributed by atoms with Gasteiger partial charge < -0.3 is 5.32 Å². The van der Waals surface area contributed by atoms with Crippen LogP contribution in [0, 0.1) is 12.8 Å². The smallest absolute Gasteiger partial charge is 0.0535 e. The van der Waals surface area contributed by atoms with Gasteiger partial charge in [-0.1, -0.05) is 6.92 Å². The third kappa shape index (κ3) is 1.50. The Morgan fingerprint density at radius 2 is 2.50 bits per heavy atom. The molecule has 66 valence electrons. The fourth-order valence-corrected chi connectivity index (χ4v) is 1.40. The van der Waals surface area contributed by atoms with Crippen LogP contribution in [-0.2, 0) is 6.54 Å². The highest BCUT2D eigenvalue weighted by atomic mass is 15.1. The average molecular weight is 165 g/mol. The lowest BCUT2D eigenvalue weighted by molar-refractivity contribution is 0.651. The first kappa shape index (κ1) is 7.80. The third-order valence-corrected chi connectivity index (χ3v) is 2.60. The second-order valence-corrected chi connectivity index (χ2v) is 3.72. The van der Waals surface area contributed by atoms with Gasteiger partial charge in [0, 0.05) is 23.8 Å². The van der Waals surface area contributed by atoms with Crippen molar-refractivity contribution in [3.8, 4) is 0 Å². The van der Waals surface area contributed by atoms with Crippen molar-refractivity contribution in [3.05, 3.63) is 17.5 Å². The first-order valence-corrected chi connectivity index (χ1v) is 4.49. The number of nitrogens with zero attached hydrogens (tertiary/aromatic N) is 1. The lowest BCUT2D eigenvalue weighted by Crippen LogP contribution is -2.17. The molecule has 2 N–H and O–H groups in total. The Bertz CT molecular complexity index is 266. The highest BCUT2D eigenvalue weighted by Gasteiger charge is 2.31. The van der Waals surface area contributed by atoms with Crippen LogP contribution < -0.4 is 5.32 Å². The maximum absolute atomic E-state index is 3.97. The summed E-state index contributed by atoms with van der Waals surface area (Å²) in [6, 6.07) is 0.749. The summed E-state index contributed by atoms with van der Waals surface area (Å²) in [4.78, 5) is 0. The molecule has 3 heteroatoms. The molecule has 0 saturated heterocycles. The second-order valence-electron chi connectivity index (χ2n) is 3.72. The van der Waals surface area contributed by atoms with Gasteiger partial charge in [-0.2, -0.15) is 5.10 Å². The Kier molecular flexibility index (Phi) is 1.89. The van der Waals surface area contributed by atoms with Gasteiger partial charge in [-0.15, -0.1) is 0 Å². The van der Waals surface area contributed by atoms with E-state index in [1.807, 2.05) is 6.20 Å². The molecular formula is C9H15N3. The molecule has 1 heterocycles. The van der Waals surface area contributed by atoms with Gasteiger partial charge in [0.05, 0.1) is 6.20 Å². The standard InChI is InChI=1S/C9H15N3/c1-6-3-9(6)10-4-8-5-11-12-7(8)2/h5-6,9-10H,3-4H2,1-2H3,(H,11,12). The molecule has 2 unspecified atom stereocenters. The summed E-state index contributed by atoms with van der Waals surface area (Å²) in [5, 5.41) is 10.4. The molecule has 1 aromatic heterocycles. The Labute approximate surface area is 72.6 Å². The first-order valence-electron chi connectivity index (χ1n) is 4.49. The van der Waals surface area contributed by atoms with Gasteiger partial charge in [0.1, 0.15) is 0 Å². The van der Waals surface area contributed by atoms with E-state index in [4.69, 9.17) is 0 Å². The van der Waals surface area contributed by atoms with Crippen LogP contribution in [0.5, 0.6) is 0 Å². The Morgan fingerprint density at radius 3 is 3.00 bits per heavy atom. The Balaban J connectivity index is 1.84. The van der Waals surface area contributed by atoms with Crippen molar-refractivity contribution in [2.75, 3.05) is 0 Å². The molecule has 2 atom stereocenters. The first-order chi connectivity index (χ1) is 5.77. The molecule has 0 radical (unpaired) electrons. The molecule has 1 aliphatic carbocycles. The van der Waals surface area contributed by atoms with Gasteiger partial charge in [0.25, 0.3) is 0 Å². The van der Waals surface area contributed by atoms with Crippen LogP contribution in [0.1, 0.15) is 24.6 Å². The largest absolute Gasteiger partial charge is 0.310 e. The van der Waals surface area contributed by atoms with Gasteiger partial charge in [-0.05, 0) is 19.3 Å². The fourth-order valence-electron chi connectivity index (χ4n) is 1.40. The van der Waals surface area contributed by atoms with E-state index >= 15 is 0 Å². The zero-order valence-electron chi connectivity index (χ0n) is 7.59. The lowest BCUT2D eigenvalue weighted by atomic mass is 10.2. The molecule has 1 aliphatic rings. The van der Waals surface area contributed by atoms with E-state index < -0.39 is 0 Å². The maximum Gasteiger partial charge on any atom is 0.0535 e. The summed E-state index contributed by atoms with van der Waals surface area (Å²) >= 11 is 0. The summed E-state index contributed by atoms with van der Waals surface area (Å²) in [6.07, 6.45) is 3.23. The summed E-state index contributed by atoms with van der Waals surface area (Å²) in [7, 11) is 0. The number of aromatic nitrogens is 2. The van der Waals surface area contributed by atoms with Crippen molar-refractivity contribution in [1.82, 2.24) is 15.5 Å². The minimum absolute atomic E-state index is 0.749. The summed E-state index contributed by atoms with van der Waals surface area (Å²) < 4.78 is 0. The number of aromatic amines is 1. The van der Waals surface area contributed by atoms with Crippen LogP contribution in [0.25, 0.3) is 0 Å². The summed E-state index contributed by atoms with van der Waals surface area (Å²) in [5.74, 6) is 0.872. The lowest BCUT2D eigenvalue weighted by Gasteiger charge is -2.00. The van der Waals surface area contributed by atoms with Crippen LogP contribution in [0.3, 0.4) is 0 Å².